The Morgan fingerprint density at radius 1 is 1.07 bits per heavy atom. The number of nitrogens with one attached hydrogen (secondary N) is 3. The maximum absolute atomic E-state index is 12.0. The van der Waals surface area contributed by atoms with E-state index in [-0.39, 0.29) is 30.1 Å². The SMILES string of the molecule is CN(NC(=O)CCNC(=O)c1ccc([N+](=O)[O-])cc1)C(=S)NCc1ccccc1. The molecule has 2 aromatic carbocycles. The average Bonchev–Trinajstić information content (AvgIpc) is 2.72. The molecule has 0 heterocycles. The van der Waals surface area contributed by atoms with Crippen LogP contribution in [0.2, 0.25) is 0 Å². The summed E-state index contributed by atoms with van der Waals surface area (Å²) in [6.07, 6.45) is 0.0460. The van der Waals surface area contributed by atoms with Crippen molar-refractivity contribution in [3.63, 3.8) is 0 Å². The molecule has 152 valence electrons. The lowest BCUT2D eigenvalue weighted by atomic mass is 10.2. The van der Waals surface area contributed by atoms with Crippen LogP contribution in [0.1, 0.15) is 22.3 Å². The van der Waals surface area contributed by atoms with Crippen molar-refractivity contribution in [2.75, 3.05) is 13.6 Å². The van der Waals surface area contributed by atoms with Gasteiger partial charge in [-0.05, 0) is 29.9 Å². The zero-order valence-corrected chi connectivity index (χ0v) is 16.6. The highest BCUT2D eigenvalue weighted by atomic mass is 32.1. The first-order valence-electron chi connectivity index (χ1n) is 8.74. The highest BCUT2D eigenvalue weighted by molar-refractivity contribution is 7.80. The predicted octanol–water partition coefficient (Wildman–Crippen LogP) is 1.75. The molecule has 2 aromatic rings. The number of hydrogen-bond acceptors (Lipinski definition) is 5. The number of nitro groups is 1. The minimum atomic E-state index is -0.540. The van der Waals surface area contributed by atoms with E-state index in [0.717, 1.165) is 5.56 Å². The smallest absolute Gasteiger partial charge is 0.269 e. The van der Waals surface area contributed by atoms with Gasteiger partial charge in [-0.3, -0.25) is 30.1 Å². The van der Waals surface area contributed by atoms with Crippen LogP contribution < -0.4 is 16.1 Å². The van der Waals surface area contributed by atoms with Crippen LogP contribution in [0, 0.1) is 10.1 Å². The third kappa shape index (κ3) is 7.18. The molecular weight excluding hydrogens is 394 g/mol. The monoisotopic (exact) mass is 415 g/mol. The lowest BCUT2D eigenvalue weighted by Crippen LogP contribution is -2.48. The molecule has 9 nitrogen and oxygen atoms in total. The summed E-state index contributed by atoms with van der Waals surface area (Å²) in [5.41, 5.74) is 3.85. The molecule has 0 aliphatic heterocycles. The summed E-state index contributed by atoms with van der Waals surface area (Å²) in [4.78, 5) is 34.1. The highest BCUT2D eigenvalue weighted by Gasteiger charge is 2.11. The summed E-state index contributed by atoms with van der Waals surface area (Å²) in [7, 11) is 1.62. The normalized spacial score (nSPS) is 9.97. The zero-order valence-electron chi connectivity index (χ0n) is 15.8. The van der Waals surface area contributed by atoms with Crippen molar-refractivity contribution in [1.29, 1.82) is 0 Å². The van der Waals surface area contributed by atoms with Gasteiger partial charge in [0.05, 0.1) is 4.92 Å². The molecule has 0 aliphatic rings. The predicted molar refractivity (Wildman–Crippen MR) is 112 cm³/mol. The fourth-order valence-electron chi connectivity index (χ4n) is 2.31. The number of thiocarbonyl (C=S) groups is 1. The Balaban J connectivity index is 1.69. The summed E-state index contributed by atoms with van der Waals surface area (Å²) in [6, 6.07) is 14.9. The number of carbonyl (C=O) groups is 2. The number of rotatable bonds is 7. The van der Waals surface area contributed by atoms with Gasteiger partial charge in [0.25, 0.3) is 11.6 Å². The fourth-order valence-corrected chi connectivity index (χ4v) is 2.43. The maximum atomic E-state index is 12.0. The molecule has 0 aliphatic carbocycles. The van der Waals surface area contributed by atoms with Crippen molar-refractivity contribution in [3.8, 4) is 0 Å². The molecule has 0 saturated heterocycles. The number of nitro benzene ring substituents is 1. The molecule has 0 aromatic heterocycles. The standard InChI is InChI=1S/C19H21N5O4S/c1-23(19(29)21-13-14-5-3-2-4-6-14)22-17(25)11-12-20-18(26)15-7-9-16(10-8-15)24(27)28/h2-10H,11-13H2,1H3,(H,20,26)(H,21,29)(H,22,25). The van der Waals surface area contributed by atoms with Gasteiger partial charge in [-0.25, -0.2) is 0 Å². The second-order valence-corrected chi connectivity index (χ2v) is 6.43. The molecule has 0 spiro atoms. The fraction of sp³-hybridized carbons (Fsp3) is 0.211. The van der Waals surface area contributed by atoms with Gasteiger partial charge in [-0.1, -0.05) is 30.3 Å². The minimum Gasteiger partial charge on any atom is -0.357 e. The maximum Gasteiger partial charge on any atom is 0.269 e. The van der Waals surface area contributed by atoms with E-state index in [4.69, 9.17) is 12.2 Å². The molecule has 2 rings (SSSR count). The van der Waals surface area contributed by atoms with Gasteiger partial charge < -0.3 is 10.6 Å². The molecule has 0 saturated carbocycles. The number of hydrazine groups is 1. The molecular formula is C19H21N5O4S. The number of amides is 2. The molecule has 0 fully saturated rings. The topological polar surface area (TPSA) is 117 Å². The summed E-state index contributed by atoms with van der Waals surface area (Å²) < 4.78 is 0. The largest absolute Gasteiger partial charge is 0.357 e. The van der Waals surface area contributed by atoms with Crippen LogP contribution in [-0.4, -0.2) is 40.5 Å². The lowest BCUT2D eigenvalue weighted by molar-refractivity contribution is -0.384. The molecule has 0 radical (unpaired) electrons. The Kier molecular flexibility index (Phi) is 8.04. The molecule has 0 unspecified atom stereocenters. The third-order valence-electron chi connectivity index (χ3n) is 3.86. The summed E-state index contributed by atoms with van der Waals surface area (Å²) in [5.74, 6) is -0.735. The number of carbonyl (C=O) groups excluding carboxylic acids is 2. The van der Waals surface area contributed by atoms with Crippen LogP contribution in [0.15, 0.2) is 54.6 Å². The van der Waals surface area contributed by atoms with Gasteiger partial charge in [0, 0.05) is 44.3 Å². The first-order chi connectivity index (χ1) is 13.9. The van der Waals surface area contributed by atoms with Gasteiger partial charge in [0.2, 0.25) is 5.91 Å². The van der Waals surface area contributed by atoms with Gasteiger partial charge in [-0.2, -0.15) is 0 Å². The molecule has 0 bridgehead atoms. The molecule has 29 heavy (non-hydrogen) atoms. The van der Waals surface area contributed by atoms with Crippen LogP contribution in [0.25, 0.3) is 0 Å². The third-order valence-corrected chi connectivity index (χ3v) is 4.28. The van der Waals surface area contributed by atoms with E-state index in [9.17, 15) is 19.7 Å². The Hall–Kier alpha value is -3.53. The Bertz CT molecular complexity index is 874. The summed E-state index contributed by atoms with van der Waals surface area (Å²) in [6.45, 7) is 0.644. The number of hydrogen-bond donors (Lipinski definition) is 3. The van der Waals surface area contributed by atoms with Crippen LogP contribution in [0.5, 0.6) is 0 Å². The number of benzene rings is 2. The van der Waals surface area contributed by atoms with E-state index >= 15 is 0 Å². The molecule has 10 heteroatoms. The van der Waals surface area contributed by atoms with Gasteiger partial charge in [0.15, 0.2) is 5.11 Å². The van der Waals surface area contributed by atoms with Crippen LogP contribution >= 0.6 is 12.2 Å². The van der Waals surface area contributed by atoms with Crippen molar-refractivity contribution in [2.45, 2.75) is 13.0 Å². The van der Waals surface area contributed by atoms with Gasteiger partial charge >= 0.3 is 0 Å². The molecule has 2 amide bonds. The lowest BCUT2D eigenvalue weighted by Gasteiger charge is -2.21. The highest BCUT2D eigenvalue weighted by Crippen LogP contribution is 2.11. The van der Waals surface area contributed by atoms with Crippen molar-refractivity contribution >= 4 is 34.8 Å². The van der Waals surface area contributed by atoms with E-state index in [1.54, 1.807) is 7.05 Å². The minimum absolute atomic E-state index is 0.0460. The summed E-state index contributed by atoms with van der Waals surface area (Å²) in [5, 5.41) is 18.0. The Labute approximate surface area is 173 Å². The van der Waals surface area contributed by atoms with Gasteiger partial charge in [-0.15, -0.1) is 0 Å². The van der Waals surface area contributed by atoms with Crippen molar-refractivity contribution in [2.24, 2.45) is 0 Å². The van der Waals surface area contributed by atoms with E-state index in [2.05, 4.69) is 16.1 Å². The van der Waals surface area contributed by atoms with E-state index < -0.39 is 10.8 Å². The van der Waals surface area contributed by atoms with Crippen LogP contribution in [0.3, 0.4) is 0 Å². The number of non-ortho nitro benzene ring substituents is 1. The second-order valence-electron chi connectivity index (χ2n) is 6.05. The van der Waals surface area contributed by atoms with Gasteiger partial charge in [0.1, 0.15) is 0 Å². The second kappa shape index (κ2) is 10.7. The molecule has 3 N–H and O–H groups in total. The van der Waals surface area contributed by atoms with E-state index in [1.807, 2.05) is 30.3 Å². The van der Waals surface area contributed by atoms with Crippen LogP contribution in [0.4, 0.5) is 5.69 Å². The molecule has 0 atom stereocenters. The quantitative estimate of drug-likeness (QED) is 0.358. The first kappa shape index (κ1) is 21.8. The van der Waals surface area contributed by atoms with Crippen molar-refractivity contribution in [3.05, 3.63) is 75.8 Å². The van der Waals surface area contributed by atoms with E-state index in [1.165, 1.54) is 29.3 Å². The van der Waals surface area contributed by atoms with Crippen molar-refractivity contribution < 1.29 is 14.5 Å². The van der Waals surface area contributed by atoms with E-state index in [0.29, 0.717) is 11.7 Å². The summed E-state index contributed by atoms with van der Waals surface area (Å²) >= 11 is 5.22. The Morgan fingerprint density at radius 2 is 1.72 bits per heavy atom. The van der Waals surface area contributed by atoms with Crippen molar-refractivity contribution in [1.82, 2.24) is 21.1 Å². The Morgan fingerprint density at radius 3 is 2.34 bits per heavy atom. The van der Waals surface area contributed by atoms with Crippen LogP contribution in [-0.2, 0) is 11.3 Å². The number of nitrogens with zero attached hydrogens (tertiary/aromatic N) is 2. The first-order valence-corrected chi connectivity index (χ1v) is 9.15. The average molecular weight is 415 g/mol. The zero-order chi connectivity index (χ0) is 21.2.